The lowest BCUT2D eigenvalue weighted by Crippen LogP contribution is -2.20. The molecule has 0 saturated heterocycles. The van der Waals surface area contributed by atoms with E-state index in [1.54, 1.807) is 5.57 Å². The van der Waals surface area contributed by atoms with E-state index in [0.29, 0.717) is 11.3 Å². The molecule has 0 spiro atoms. The van der Waals surface area contributed by atoms with Crippen LogP contribution in [-0.2, 0) is 0 Å². The van der Waals surface area contributed by atoms with Gasteiger partial charge in [-0.3, -0.25) is 0 Å². The van der Waals surface area contributed by atoms with Crippen LogP contribution in [0.2, 0.25) is 0 Å². The molecule has 0 bridgehead atoms. The van der Waals surface area contributed by atoms with E-state index < -0.39 is 0 Å². The van der Waals surface area contributed by atoms with Crippen LogP contribution in [0, 0.1) is 11.3 Å². The molecule has 1 aliphatic rings. The van der Waals surface area contributed by atoms with Crippen molar-refractivity contribution in [3.63, 3.8) is 0 Å². The first-order chi connectivity index (χ1) is 15.9. The highest BCUT2D eigenvalue weighted by Crippen LogP contribution is 2.31. The first-order valence-electron chi connectivity index (χ1n) is 13.8. The van der Waals surface area contributed by atoms with Crippen LogP contribution < -0.4 is 17.6 Å². The summed E-state index contributed by atoms with van der Waals surface area (Å²) in [5.74, 6) is 0.672. The Kier molecular flexibility index (Phi) is 23.5. The molecule has 3 nitrogen and oxygen atoms in total. The van der Waals surface area contributed by atoms with Crippen molar-refractivity contribution in [1.29, 1.82) is 0 Å². The van der Waals surface area contributed by atoms with Crippen molar-refractivity contribution in [3.8, 4) is 0 Å². The fraction of sp³-hybridized carbons (Fsp3) is 0.688. The largest absolute Gasteiger partial charge is 0.399 e. The van der Waals surface area contributed by atoms with Crippen molar-refractivity contribution in [2.24, 2.45) is 22.8 Å². The van der Waals surface area contributed by atoms with Gasteiger partial charge in [0.15, 0.2) is 0 Å². The first-order valence-corrected chi connectivity index (χ1v) is 13.8. The predicted octanol–water partition coefficient (Wildman–Crippen LogP) is 9.95. The molecule has 2 unspecified atom stereocenters. The molecular weight excluding hydrogens is 426 g/mol. The van der Waals surface area contributed by atoms with Crippen LogP contribution in [0.5, 0.6) is 0 Å². The number of rotatable bonds is 11. The number of hydrogen-bond donors (Lipinski definition) is 3. The van der Waals surface area contributed by atoms with Crippen LogP contribution in [0.1, 0.15) is 127 Å². The van der Waals surface area contributed by atoms with Gasteiger partial charge in [0.25, 0.3) is 0 Å². The van der Waals surface area contributed by atoms with Crippen LogP contribution in [0.3, 0.4) is 0 Å². The summed E-state index contributed by atoms with van der Waals surface area (Å²) in [6, 6.07) is 0.143. The fourth-order valence-corrected chi connectivity index (χ4v) is 3.70. The average molecular weight is 490 g/mol. The van der Waals surface area contributed by atoms with Gasteiger partial charge in [0, 0.05) is 11.7 Å². The second kappa shape index (κ2) is 21.7. The van der Waals surface area contributed by atoms with Crippen LogP contribution >= 0.6 is 0 Å². The van der Waals surface area contributed by atoms with Crippen molar-refractivity contribution in [3.05, 3.63) is 58.9 Å². The van der Waals surface area contributed by atoms with Gasteiger partial charge < -0.3 is 17.6 Å². The zero-order valence-electron chi connectivity index (χ0n) is 25.4. The van der Waals surface area contributed by atoms with Crippen LogP contribution in [0.15, 0.2) is 58.9 Å². The van der Waals surface area contributed by atoms with E-state index in [4.69, 9.17) is 11.5 Å². The lowest BCUT2D eigenvalue weighted by Gasteiger charge is -2.24. The summed E-state index contributed by atoms with van der Waals surface area (Å²) in [5, 5.41) is 0. The summed E-state index contributed by atoms with van der Waals surface area (Å²) in [6.45, 7) is 25.6. The van der Waals surface area contributed by atoms with Gasteiger partial charge in [-0.2, -0.15) is 0 Å². The molecule has 35 heavy (non-hydrogen) atoms. The molecule has 7 N–H and O–H groups in total. The van der Waals surface area contributed by atoms with E-state index in [9.17, 15) is 0 Å². The summed E-state index contributed by atoms with van der Waals surface area (Å²) in [4.78, 5) is 0. The summed E-state index contributed by atoms with van der Waals surface area (Å²) in [5.41, 5.74) is 18.7. The zero-order valence-corrected chi connectivity index (χ0v) is 25.4. The number of unbranched alkanes of at least 4 members (excludes halogenated alkanes) is 2. The maximum Gasteiger partial charge on any atom is 0.0275 e. The van der Waals surface area contributed by atoms with Gasteiger partial charge in [0.05, 0.1) is 0 Å². The molecule has 1 rings (SSSR count). The lowest BCUT2D eigenvalue weighted by molar-refractivity contribution is 0.338. The SMILES string of the molecule is C=C(C/C=C(C)\C(C)=C/C)C(N)CC.CC.CCCCCC1=CC(N)=CC(CCC(C)(C)C)C1.N. The maximum atomic E-state index is 6.04. The number of hydrogen-bond acceptors (Lipinski definition) is 3. The van der Waals surface area contributed by atoms with E-state index in [-0.39, 0.29) is 12.2 Å². The third kappa shape index (κ3) is 20.3. The smallest absolute Gasteiger partial charge is 0.0275 e. The van der Waals surface area contributed by atoms with Crippen molar-refractivity contribution in [2.45, 2.75) is 133 Å². The predicted molar refractivity (Wildman–Crippen MR) is 163 cm³/mol. The minimum atomic E-state index is 0. The molecule has 0 fully saturated rings. The zero-order chi connectivity index (χ0) is 26.7. The normalized spacial score (nSPS) is 16.9. The van der Waals surface area contributed by atoms with Crippen LogP contribution in [0.4, 0.5) is 0 Å². The molecule has 0 heterocycles. The summed E-state index contributed by atoms with van der Waals surface area (Å²) >= 11 is 0. The Morgan fingerprint density at radius 2 is 1.74 bits per heavy atom. The minimum Gasteiger partial charge on any atom is -0.399 e. The Morgan fingerprint density at radius 3 is 2.23 bits per heavy atom. The second-order valence-corrected chi connectivity index (χ2v) is 10.7. The molecule has 3 heteroatoms. The Morgan fingerprint density at radius 1 is 1.14 bits per heavy atom. The molecule has 0 aliphatic heterocycles. The van der Waals surface area contributed by atoms with Gasteiger partial charge in [0.1, 0.15) is 0 Å². The molecule has 0 aromatic heterocycles. The highest BCUT2D eigenvalue weighted by Gasteiger charge is 2.17. The molecule has 0 aromatic carbocycles. The van der Waals surface area contributed by atoms with Crippen molar-refractivity contribution < 1.29 is 0 Å². The molecular formula is C32H63N3. The third-order valence-corrected chi connectivity index (χ3v) is 6.38. The van der Waals surface area contributed by atoms with E-state index in [0.717, 1.165) is 24.1 Å². The number of allylic oxidation sites excluding steroid dienone is 7. The average Bonchev–Trinajstić information content (AvgIpc) is 2.81. The maximum absolute atomic E-state index is 6.04. The Balaban J connectivity index is -0.000000547. The highest BCUT2D eigenvalue weighted by molar-refractivity contribution is 5.28. The molecule has 206 valence electrons. The van der Waals surface area contributed by atoms with Gasteiger partial charge in [-0.1, -0.05) is 108 Å². The fourth-order valence-electron chi connectivity index (χ4n) is 3.70. The van der Waals surface area contributed by atoms with Crippen molar-refractivity contribution in [1.82, 2.24) is 6.15 Å². The standard InChI is InChI=1S/C17H31N.C13H23N.C2H6.H3N/c1-5-6-7-8-14-11-15(13-16(18)12-14)9-10-17(2,3)4;1-6-10(3)11(4)8-9-12(5)13(14)7-2;1-2;/h12-13,15H,5-11,18H2,1-4H3;6,8,13H,5,7,9,14H2,1-4H3;1-2H3;1H3/b;10-6-,11-8-;;. The molecule has 2 atom stereocenters. The van der Waals surface area contributed by atoms with Crippen LogP contribution in [0.25, 0.3) is 0 Å². The van der Waals surface area contributed by atoms with Gasteiger partial charge in [0.2, 0.25) is 0 Å². The van der Waals surface area contributed by atoms with Crippen LogP contribution in [-0.4, -0.2) is 6.04 Å². The minimum absolute atomic E-state index is 0. The molecule has 1 aliphatic carbocycles. The summed E-state index contributed by atoms with van der Waals surface area (Å²) in [7, 11) is 0. The van der Waals surface area contributed by atoms with Gasteiger partial charge in [-0.25, -0.2) is 0 Å². The van der Waals surface area contributed by atoms with Gasteiger partial charge in [-0.05, 0) is 83.1 Å². The molecule has 0 saturated carbocycles. The van der Waals surface area contributed by atoms with Gasteiger partial charge >= 0.3 is 0 Å². The van der Waals surface area contributed by atoms with E-state index in [1.165, 1.54) is 56.1 Å². The topological polar surface area (TPSA) is 87.0 Å². The van der Waals surface area contributed by atoms with E-state index >= 15 is 0 Å². The molecule has 0 radical (unpaired) electrons. The van der Waals surface area contributed by atoms with Gasteiger partial charge in [-0.15, -0.1) is 0 Å². The molecule has 0 amide bonds. The quantitative estimate of drug-likeness (QED) is 0.153. The summed E-state index contributed by atoms with van der Waals surface area (Å²) < 4.78 is 0. The monoisotopic (exact) mass is 490 g/mol. The van der Waals surface area contributed by atoms with Crippen molar-refractivity contribution >= 4 is 0 Å². The second-order valence-electron chi connectivity index (χ2n) is 10.7. The van der Waals surface area contributed by atoms with E-state index in [2.05, 4.69) is 86.3 Å². The number of nitrogens with two attached hydrogens (primary N) is 2. The summed E-state index contributed by atoms with van der Waals surface area (Å²) in [6.07, 6.45) is 19.7. The highest BCUT2D eigenvalue weighted by atomic mass is 14.6. The lowest BCUT2D eigenvalue weighted by atomic mass is 9.82. The third-order valence-electron chi connectivity index (χ3n) is 6.38. The Hall–Kier alpha value is -1.58. The molecule has 0 aromatic rings. The Labute approximate surface area is 220 Å². The first kappa shape index (κ1) is 38.0. The Bertz CT molecular complexity index is 671. The van der Waals surface area contributed by atoms with E-state index in [1.807, 2.05) is 13.8 Å². The van der Waals surface area contributed by atoms with Crippen molar-refractivity contribution in [2.75, 3.05) is 0 Å².